The summed E-state index contributed by atoms with van der Waals surface area (Å²) in [5, 5.41) is 12.8. The molecule has 2 aliphatic rings. The maximum atomic E-state index is 12.7. The highest BCUT2D eigenvalue weighted by atomic mass is 16.5. The molecule has 128 valence electrons. The van der Waals surface area contributed by atoms with Crippen LogP contribution in [0.5, 0.6) is 11.5 Å². The Morgan fingerprint density at radius 2 is 2.04 bits per heavy atom. The van der Waals surface area contributed by atoms with Crippen LogP contribution in [0.4, 0.5) is 0 Å². The fourth-order valence-corrected chi connectivity index (χ4v) is 3.66. The number of Topliss-reactive ketones (excluding diaryl/α,β-unsaturated/α-hetero) is 1. The van der Waals surface area contributed by atoms with Gasteiger partial charge in [-0.1, -0.05) is 19.9 Å². The molecule has 1 aromatic rings. The molecule has 1 atom stereocenters. The fourth-order valence-electron chi connectivity index (χ4n) is 3.66. The van der Waals surface area contributed by atoms with Crippen LogP contribution in [0.2, 0.25) is 0 Å². The molecule has 0 saturated heterocycles. The summed E-state index contributed by atoms with van der Waals surface area (Å²) in [6.45, 7) is 6.35. The Bertz CT molecular complexity index is 733. The third-order valence-corrected chi connectivity index (χ3v) is 4.63. The molecule has 2 N–H and O–H groups in total. The van der Waals surface area contributed by atoms with E-state index >= 15 is 0 Å². The number of carbonyl (C=O) groups excluding carboxylic acids is 2. The molecule has 0 saturated carbocycles. The summed E-state index contributed by atoms with van der Waals surface area (Å²) < 4.78 is 5.44. The van der Waals surface area contributed by atoms with Crippen LogP contribution in [0.1, 0.15) is 51.5 Å². The van der Waals surface area contributed by atoms with Gasteiger partial charge in [-0.15, -0.1) is 0 Å². The molecule has 0 unspecified atom stereocenters. The van der Waals surface area contributed by atoms with Crippen molar-refractivity contribution in [2.24, 2.45) is 5.41 Å². The zero-order valence-corrected chi connectivity index (χ0v) is 14.3. The number of hydrogen-bond donors (Lipinski definition) is 2. The molecule has 1 heterocycles. The van der Waals surface area contributed by atoms with Gasteiger partial charge in [-0.2, -0.15) is 0 Å². The predicted octanol–water partition coefficient (Wildman–Crippen LogP) is 3.04. The zero-order valence-electron chi connectivity index (χ0n) is 14.3. The van der Waals surface area contributed by atoms with Crippen molar-refractivity contribution in [2.45, 2.75) is 46.0 Å². The zero-order chi connectivity index (χ0) is 17.5. The van der Waals surface area contributed by atoms with Gasteiger partial charge in [0.1, 0.15) is 0 Å². The first-order valence-electron chi connectivity index (χ1n) is 8.32. The summed E-state index contributed by atoms with van der Waals surface area (Å²) in [5.74, 6) is 0.183. The van der Waals surface area contributed by atoms with E-state index in [0.717, 1.165) is 11.3 Å². The Morgan fingerprint density at radius 1 is 1.29 bits per heavy atom. The highest BCUT2D eigenvalue weighted by Gasteiger charge is 2.40. The van der Waals surface area contributed by atoms with Crippen molar-refractivity contribution < 1.29 is 19.4 Å². The van der Waals surface area contributed by atoms with Crippen LogP contribution in [0.3, 0.4) is 0 Å². The molecule has 1 amide bonds. The van der Waals surface area contributed by atoms with Gasteiger partial charge in [-0.3, -0.25) is 9.59 Å². The number of phenolic OH excluding ortho intramolecular Hbond substituents is 1. The Balaban J connectivity index is 2.05. The lowest BCUT2D eigenvalue weighted by atomic mass is 9.70. The Labute approximate surface area is 141 Å². The minimum Gasteiger partial charge on any atom is -0.504 e. The van der Waals surface area contributed by atoms with Crippen molar-refractivity contribution in [3.8, 4) is 11.5 Å². The predicted molar refractivity (Wildman–Crippen MR) is 89.8 cm³/mol. The van der Waals surface area contributed by atoms with E-state index in [0.29, 0.717) is 30.8 Å². The molecule has 0 aromatic heterocycles. The number of hydrogen-bond acceptors (Lipinski definition) is 4. The third kappa shape index (κ3) is 3.03. The molecule has 1 aromatic carbocycles. The molecule has 5 heteroatoms. The largest absolute Gasteiger partial charge is 0.504 e. The number of ketones is 1. The number of rotatable bonds is 3. The second-order valence-corrected chi connectivity index (χ2v) is 7.30. The molecule has 5 nitrogen and oxygen atoms in total. The number of phenols is 1. The third-order valence-electron chi connectivity index (χ3n) is 4.63. The minimum atomic E-state index is -0.280. The Morgan fingerprint density at radius 3 is 2.75 bits per heavy atom. The number of amides is 1. The first-order chi connectivity index (χ1) is 11.3. The van der Waals surface area contributed by atoms with Crippen molar-refractivity contribution >= 4 is 11.7 Å². The molecular formula is C19H23NO4. The fraction of sp³-hybridized carbons (Fsp3) is 0.474. The van der Waals surface area contributed by atoms with E-state index in [2.05, 4.69) is 5.32 Å². The summed E-state index contributed by atoms with van der Waals surface area (Å²) in [4.78, 5) is 24.9. The van der Waals surface area contributed by atoms with Crippen LogP contribution in [-0.4, -0.2) is 23.4 Å². The molecule has 1 aliphatic carbocycles. The average molecular weight is 329 g/mol. The summed E-state index contributed by atoms with van der Waals surface area (Å²) in [7, 11) is 0. The van der Waals surface area contributed by atoms with Crippen LogP contribution >= 0.6 is 0 Å². The monoisotopic (exact) mass is 329 g/mol. The number of nitrogens with one attached hydrogen (secondary N) is 1. The van der Waals surface area contributed by atoms with Crippen LogP contribution in [0, 0.1) is 5.41 Å². The van der Waals surface area contributed by atoms with Gasteiger partial charge in [0.25, 0.3) is 0 Å². The topological polar surface area (TPSA) is 75.6 Å². The lowest BCUT2D eigenvalue weighted by molar-refractivity contribution is -0.122. The number of aromatic hydroxyl groups is 1. The van der Waals surface area contributed by atoms with Gasteiger partial charge in [0.05, 0.1) is 6.61 Å². The number of carbonyl (C=O) groups is 2. The molecule has 3 rings (SSSR count). The first-order valence-corrected chi connectivity index (χ1v) is 8.32. The van der Waals surface area contributed by atoms with Gasteiger partial charge >= 0.3 is 0 Å². The second-order valence-electron chi connectivity index (χ2n) is 7.30. The highest BCUT2D eigenvalue weighted by Crippen LogP contribution is 2.44. The second kappa shape index (κ2) is 5.96. The van der Waals surface area contributed by atoms with Crippen LogP contribution in [-0.2, 0) is 9.59 Å². The minimum absolute atomic E-state index is 0.0613. The Hall–Kier alpha value is -2.30. The van der Waals surface area contributed by atoms with E-state index in [9.17, 15) is 14.7 Å². The van der Waals surface area contributed by atoms with Crippen molar-refractivity contribution in [3.63, 3.8) is 0 Å². The number of allylic oxidation sites excluding steroid dienone is 2. The molecule has 0 bridgehead atoms. The molecule has 24 heavy (non-hydrogen) atoms. The Kier molecular flexibility index (Phi) is 4.11. The van der Waals surface area contributed by atoms with E-state index in [1.165, 1.54) is 0 Å². The maximum absolute atomic E-state index is 12.7. The molecular weight excluding hydrogens is 306 g/mol. The van der Waals surface area contributed by atoms with Gasteiger partial charge in [-0.05, 0) is 36.5 Å². The van der Waals surface area contributed by atoms with Gasteiger partial charge < -0.3 is 15.2 Å². The first kappa shape index (κ1) is 16.6. The van der Waals surface area contributed by atoms with Crippen molar-refractivity contribution in [2.75, 3.05) is 6.61 Å². The number of ether oxygens (including phenoxy) is 1. The summed E-state index contributed by atoms with van der Waals surface area (Å²) >= 11 is 0. The SMILES string of the molecule is CCOc1cc([C@@H]2CC(=O)NC3=C2C(=O)CC(C)(C)C3)ccc1O. The van der Waals surface area contributed by atoms with E-state index in [-0.39, 0.29) is 35.2 Å². The van der Waals surface area contributed by atoms with E-state index in [1.54, 1.807) is 18.2 Å². The summed E-state index contributed by atoms with van der Waals surface area (Å²) in [5.41, 5.74) is 2.15. The lowest BCUT2D eigenvalue weighted by Gasteiger charge is -2.37. The van der Waals surface area contributed by atoms with Gasteiger partial charge in [0, 0.05) is 30.0 Å². The standard InChI is InChI=1S/C19H23NO4/c1-4-24-16-7-11(5-6-14(16)21)12-8-17(23)20-13-9-19(2,3)10-15(22)18(12)13/h5-7,12,21H,4,8-10H2,1-3H3,(H,20,23)/t12-/m0/s1. The normalized spacial score (nSPS) is 22.9. The quantitative estimate of drug-likeness (QED) is 0.894. The lowest BCUT2D eigenvalue weighted by Crippen LogP contribution is -2.40. The van der Waals surface area contributed by atoms with E-state index in [1.807, 2.05) is 20.8 Å². The maximum Gasteiger partial charge on any atom is 0.225 e. The van der Waals surface area contributed by atoms with Gasteiger partial charge in [0.2, 0.25) is 5.91 Å². The van der Waals surface area contributed by atoms with Gasteiger partial charge in [0.15, 0.2) is 17.3 Å². The van der Waals surface area contributed by atoms with E-state index in [4.69, 9.17) is 4.74 Å². The average Bonchev–Trinajstić information content (AvgIpc) is 2.47. The van der Waals surface area contributed by atoms with Gasteiger partial charge in [-0.25, -0.2) is 0 Å². The van der Waals surface area contributed by atoms with Crippen LogP contribution < -0.4 is 10.1 Å². The van der Waals surface area contributed by atoms with Crippen molar-refractivity contribution in [1.29, 1.82) is 0 Å². The van der Waals surface area contributed by atoms with Crippen molar-refractivity contribution in [1.82, 2.24) is 5.32 Å². The molecule has 1 aliphatic heterocycles. The highest BCUT2D eigenvalue weighted by molar-refractivity contribution is 6.02. The number of benzene rings is 1. The smallest absolute Gasteiger partial charge is 0.225 e. The summed E-state index contributed by atoms with van der Waals surface area (Å²) in [6.07, 6.45) is 1.41. The molecule has 0 spiro atoms. The van der Waals surface area contributed by atoms with Crippen molar-refractivity contribution in [3.05, 3.63) is 35.0 Å². The van der Waals surface area contributed by atoms with Crippen LogP contribution in [0.25, 0.3) is 0 Å². The molecule has 0 radical (unpaired) electrons. The summed E-state index contributed by atoms with van der Waals surface area (Å²) in [6, 6.07) is 5.06. The van der Waals surface area contributed by atoms with E-state index < -0.39 is 0 Å². The molecule has 0 fully saturated rings. The van der Waals surface area contributed by atoms with Crippen LogP contribution in [0.15, 0.2) is 29.5 Å².